The van der Waals surface area contributed by atoms with E-state index in [1.807, 2.05) is 0 Å². The van der Waals surface area contributed by atoms with Gasteiger partial charge < -0.3 is 20.1 Å². The maximum Gasteiger partial charge on any atom is 0.409 e. The lowest BCUT2D eigenvalue weighted by Gasteiger charge is -2.27. The Morgan fingerprint density at radius 3 is 2.76 bits per heavy atom. The Bertz CT molecular complexity index is 315. The minimum absolute atomic E-state index is 0.00811. The van der Waals surface area contributed by atoms with Gasteiger partial charge >= 0.3 is 6.09 Å². The van der Waals surface area contributed by atoms with Gasteiger partial charge in [-0.25, -0.2) is 4.79 Å². The van der Waals surface area contributed by atoms with Crippen LogP contribution < -0.4 is 5.73 Å². The van der Waals surface area contributed by atoms with Crippen LogP contribution in [-0.2, 0) is 9.47 Å². The molecule has 0 aliphatic carbocycles. The number of likely N-dealkylation sites (N-methyl/N-ethyl adjacent to an activating group) is 1. The molecule has 0 bridgehead atoms. The second-order valence-corrected chi connectivity index (χ2v) is 13.0. The summed E-state index contributed by atoms with van der Waals surface area (Å²) in [6.45, 7) is 9.55. The van der Waals surface area contributed by atoms with E-state index in [0.717, 1.165) is 32.1 Å². The maximum absolute atomic E-state index is 11.9. The SMILES string of the molecule is CN(C[C@H](N)CC1CCCOC1)C(=O)OCC[Si](C)(C)C. The largest absolute Gasteiger partial charge is 0.450 e. The summed E-state index contributed by atoms with van der Waals surface area (Å²) in [4.78, 5) is 13.5. The zero-order valence-corrected chi connectivity index (χ0v) is 15.1. The number of ether oxygens (including phenoxy) is 2. The molecule has 124 valence electrons. The standard InChI is InChI=1S/C15H32N2O3Si/c1-17(15(18)20-8-9-21(2,3)4)11-14(16)10-13-6-5-7-19-12-13/h13-14H,5-12,16H2,1-4H3/t13?,14-/m1/s1. The highest BCUT2D eigenvalue weighted by Gasteiger charge is 2.21. The van der Waals surface area contributed by atoms with Crippen LogP contribution in [0.3, 0.4) is 0 Å². The number of carbonyl (C=O) groups excluding carboxylic acids is 1. The van der Waals surface area contributed by atoms with Crippen molar-refractivity contribution in [1.82, 2.24) is 4.90 Å². The second kappa shape index (κ2) is 8.75. The number of hydrogen-bond acceptors (Lipinski definition) is 4. The Labute approximate surface area is 130 Å². The zero-order chi connectivity index (χ0) is 15.9. The minimum atomic E-state index is -1.15. The Kier molecular flexibility index (Phi) is 7.69. The molecule has 1 aliphatic rings. The third kappa shape index (κ3) is 8.43. The third-order valence-electron chi connectivity index (χ3n) is 3.79. The lowest BCUT2D eigenvalue weighted by molar-refractivity contribution is 0.0474. The molecular formula is C15H32N2O3Si. The molecule has 0 aromatic heterocycles. The van der Waals surface area contributed by atoms with Gasteiger partial charge in [-0.3, -0.25) is 0 Å². The Morgan fingerprint density at radius 1 is 1.48 bits per heavy atom. The molecule has 1 unspecified atom stereocenters. The van der Waals surface area contributed by atoms with Gasteiger partial charge in [0.2, 0.25) is 0 Å². The van der Waals surface area contributed by atoms with Crippen molar-refractivity contribution in [3.05, 3.63) is 0 Å². The van der Waals surface area contributed by atoms with E-state index in [-0.39, 0.29) is 12.1 Å². The number of rotatable bonds is 7. The quantitative estimate of drug-likeness (QED) is 0.733. The summed E-state index contributed by atoms with van der Waals surface area (Å²) in [6.07, 6.45) is 2.94. The number of nitrogens with two attached hydrogens (primary N) is 1. The number of amides is 1. The van der Waals surface area contributed by atoms with Crippen LogP contribution in [0.4, 0.5) is 4.79 Å². The van der Waals surface area contributed by atoms with Crippen LogP contribution in [0.25, 0.3) is 0 Å². The van der Waals surface area contributed by atoms with Crippen LogP contribution in [0.5, 0.6) is 0 Å². The second-order valence-electron chi connectivity index (χ2n) is 7.38. The normalized spacial score (nSPS) is 20.9. The molecule has 1 saturated heterocycles. The molecule has 6 heteroatoms. The van der Waals surface area contributed by atoms with Gasteiger partial charge in [-0.1, -0.05) is 19.6 Å². The molecule has 2 atom stereocenters. The predicted octanol–water partition coefficient (Wildman–Crippen LogP) is 2.54. The van der Waals surface area contributed by atoms with Gasteiger partial charge in [-0.15, -0.1) is 0 Å². The Balaban J connectivity index is 2.21. The molecule has 1 fully saturated rings. The van der Waals surface area contributed by atoms with E-state index < -0.39 is 8.07 Å². The van der Waals surface area contributed by atoms with Crippen molar-refractivity contribution in [2.24, 2.45) is 11.7 Å². The first-order chi connectivity index (χ1) is 9.78. The molecule has 1 rings (SSSR count). The summed E-state index contributed by atoms with van der Waals surface area (Å²) in [5.41, 5.74) is 6.14. The number of nitrogens with zero attached hydrogens (tertiary/aromatic N) is 1. The molecule has 0 aromatic carbocycles. The van der Waals surface area contributed by atoms with Crippen molar-refractivity contribution in [1.29, 1.82) is 0 Å². The van der Waals surface area contributed by atoms with E-state index in [4.69, 9.17) is 15.2 Å². The number of hydrogen-bond donors (Lipinski definition) is 1. The molecule has 1 amide bonds. The molecule has 0 aromatic rings. The fourth-order valence-electron chi connectivity index (χ4n) is 2.48. The summed E-state index contributed by atoms with van der Waals surface area (Å²) in [5.74, 6) is 0.532. The molecule has 1 heterocycles. The van der Waals surface area contributed by atoms with Crippen molar-refractivity contribution < 1.29 is 14.3 Å². The van der Waals surface area contributed by atoms with Crippen LogP contribution in [0.1, 0.15) is 19.3 Å². The smallest absolute Gasteiger partial charge is 0.409 e. The summed E-state index contributed by atoms with van der Waals surface area (Å²) >= 11 is 0. The van der Waals surface area contributed by atoms with Gasteiger partial charge in [0.15, 0.2) is 0 Å². The van der Waals surface area contributed by atoms with E-state index in [2.05, 4.69) is 19.6 Å². The molecule has 0 saturated carbocycles. The summed E-state index contributed by atoms with van der Waals surface area (Å²) in [6, 6.07) is 0.990. The van der Waals surface area contributed by atoms with Gasteiger partial charge in [0, 0.05) is 40.9 Å². The molecule has 5 nitrogen and oxygen atoms in total. The highest BCUT2D eigenvalue weighted by Crippen LogP contribution is 2.18. The van der Waals surface area contributed by atoms with Crippen LogP contribution in [0.2, 0.25) is 25.7 Å². The first-order valence-corrected chi connectivity index (χ1v) is 11.7. The highest BCUT2D eigenvalue weighted by molar-refractivity contribution is 6.76. The maximum atomic E-state index is 11.9. The summed E-state index contributed by atoms with van der Waals surface area (Å²) in [5, 5.41) is 0. The average molecular weight is 317 g/mol. The van der Waals surface area contributed by atoms with E-state index in [1.54, 1.807) is 11.9 Å². The van der Waals surface area contributed by atoms with Crippen LogP contribution in [-0.4, -0.2) is 58.5 Å². The molecule has 1 aliphatic heterocycles. The monoisotopic (exact) mass is 316 g/mol. The first kappa shape index (κ1) is 18.5. The van der Waals surface area contributed by atoms with Crippen molar-refractivity contribution >= 4 is 14.2 Å². The Hall–Kier alpha value is -0.593. The minimum Gasteiger partial charge on any atom is -0.450 e. The lowest BCUT2D eigenvalue weighted by atomic mass is 9.94. The fraction of sp³-hybridized carbons (Fsp3) is 0.933. The fourth-order valence-corrected chi connectivity index (χ4v) is 3.19. The van der Waals surface area contributed by atoms with E-state index >= 15 is 0 Å². The lowest BCUT2D eigenvalue weighted by Crippen LogP contribution is -2.41. The van der Waals surface area contributed by atoms with Crippen molar-refractivity contribution in [3.8, 4) is 0 Å². The van der Waals surface area contributed by atoms with E-state index in [1.165, 1.54) is 6.42 Å². The van der Waals surface area contributed by atoms with Gasteiger partial charge in [0.1, 0.15) is 0 Å². The van der Waals surface area contributed by atoms with Crippen LogP contribution in [0, 0.1) is 5.92 Å². The molecule has 2 N–H and O–H groups in total. The van der Waals surface area contributed by atoms with E-state index in [0.29, 0.717) is 19.1 Å². The molecule has 0 radical (unpaired) electrons. The average Bonchev–Trinajstić information content (AvgIpc) is 2.38. The van der Waals surface area contributed by atoms with Crippen LogP contribution in [0.15, 0.2) is 0 Å². The van der Waals surface area contributed by atoms with Crippen molar-refractivity contribution in [2.45, 2.75) is 51.0 Å². The highest BCUT2D eigenvalue weighted by atomic mass is 28.3. The van der Waals surface area contributed by atoms with Gasteiger partial charge in [-0.2, -0.15) is 0 Å². The molecular weight excluding hydrogens is 284 g/mol. The van der Waals surface area contributed by atoms with Crippen LogP contribution >= 0.6 is 0 Å². The predicted molar refractivity (Wildman–Crippen MR) is 88.3 cm³/mol. The summed E-state index contributed by atoms with van der Waals surface area (Å²) in [7, 11) is 0.603. The molecule has 21 heavy (non-hydrogen) atoms. The zero-order valence-electron chi connectivity index (χ0n) is 14.1. The topological polar surface area (TPSA) is 64.8 Å². The third-order valence-corrected chi connectivity index (χ3v) is 5.49. The van der Waals surface area contributed by atoms with Crippen molar-refractivity contribution in [3.63, 3.8) is 0 Å². The van der Waals surface area contributed by atoms with Gasteiger partial charge in [-0.05, 0) is 31.2 Å². The molecule has 0 spiro atoms. The van der Waals surface area contributed by atoms with Crippen molar-refractivity contribution in [2.75, 3.05) is 33.4 Å². The first-order valence-electron chi connectivity index (χ1n) is 7.99. The Morgan fingerprint density at radius 2 is 2.19 bits per heavy atom. The summed E-state index contributed by atoms with van der Waals surface area (Å²) < 4.78 is 10.8. The van der Waals surface area contributed by atoms with Gasteiger partial charge in [0.05, 0.1) is 6.61 Å². The van der Waals surface area contributed by atoms with Gasteiger partial charge in [0.25, 0.3) is 0 Å². The number of carbonyl (C=O) groups is 1. The van der Waals surface area contributed by atoms with E-state index in [9.17, 15) is 4.79 Å².